The van der Waals surface area contributed by atoms with Gasteiger partial charge in [0.2, 0.25) is 5.91 Å². The van der Waals surface area contributed by atoms with Gasteiger partial charge in [-0.1, -0.05) is 11.6 Å². The lowest BCUT2D eigenvalue weighted by Crippen LogP contribution is -2.57. The van der Waals surface area contributed by atoms with Crippen LogP contribution in [0.2, 0.25) is 5.02 Å². The number of hydrogen-bond donors (Lipinski definition) is 1. The van der Waals surface area contributed by atoms with Gasteiger partial charge in [-0.2, -0.15) is 5.10 Å². The minimum absolute atomic E-state index is 0.0445. The second kappa shape index (κ2) is 11.5. The Balaban J connectivity index is 1.52. The smallest absolute Gasteiger partial charge is 0.225 e. The van der Waals surface area contributed by atoms with E-state index in [0.29, 0.717) is 39.1 Å². The van der Waals surface area contributed by atoms with Crippen molar-refractivity contribution in [3.8, 4) is 5.75 Å². The van der Waals surface area contributed by atoms with Crippen molar-refractivity contribution in [2.45, 2.75) is 71.2 Å². The van der Waals surface area contributed by atoms with Crippen LogP contribution in [-0.4, -0.2) is 81.7 Å². The zero-order valence-electron chi connectivity index (χ0n) is 21.9. The molecule has 198 valence electrons. The van der Waals surface area contributed by atoms with Crippen LogP contribution >= 0.6 is 11.6 Å². The summed E-state index contributed by atoms with van der Waals surface area (Å²) >= 11 is 6.35. The van der Waals surface area contributed by atoms with Crippen molar-refractivity contribution in [2.75, 3.05) is 39.4 Å². The SMILES string of the molecule is Cc1cc(OCC2(CC(=O)N3CCC(O)CC3)CN(Cc3ccnn3C(C)C)CCO2)cc(C)c1Cl. The number of hydrogen-bond acceptors (Lipinski definition) is 6. The van der Waals surface area contributed by atoms with Gasteiger partial charge in [-0.25, -0.2) is 0 Å². The predicted octanol–water partition coefficient (Wildman–Crippen LogP) is 3.76. The van der Waals surface area contributed by atoms with Crippen LogP contribution in [0.4, 0.5) is 0 Å². The number of rotatable bonds is 8. The van der Waals surface area contributed by atoms with Gasteiger partial charge in [0.25, 0.3) is 0 Å². The van der Waals surface area contributed by atoms with Gasteiger partial charge in [0.15, 0.2) is 0 Å². The molecular formula is C27H39ClN4O4. The van der Waals surface area contributed by atoms with E-state index in [1.165, 1.54) is 0 Å². The van der Waals surface area contributed by atoms with Gasteiger partial charge >= 0.3 is 0 Å². The van der Waals surface area contributed by atoms with Crippen molar-refractivity contribution in [3.05, 3.63) is 46.2 Å². The Kier molecular flexibility index (Phi) is 8.60. The summed E-state index contributed by atoms with van der Waals surface area (Å²) in [6.45, 7) is 12.2. The summed E-state index contributed by atoms with van der Waals surface area (Å²) in [5.74, 6) is 0.768. The second-order valence-electron chi connectivity index (χ2n) is 10.6. The van der Waals surface area contributed by atoms with Crippen molar-refractivity contribution in [3.63, 3.8) is 0 Å². The van der Waals surface area contributed by atoms with Crippen molar-refractivity contribution in [1.82, 2.24) is 19.6 Å². The molecule has 0 spiro atoms. The molecular weight excluding hydrogens is 480 g/mol. The maximum Gasteiger partial charge on any atom is 0.225 e. The lowest BCUT2D eigenvalue weighted by Gasteiger charge is -2.43. The number of nitrogens with zero attached hydrogens (tertiary/aromatic N) is 4. The molecule has 2 aromatic rings. The van der Waals surface area contributed by atoms with Crippen LogP contribution in [0.5, 0.6) is 5.75 Å². The lowest BCUT2D eigenvalue weighted by atomic mass is 9.95. The van der Waals surface area contributed by atoms with Crippen LogP contribution in [0, 0.1) is 13.8 Å². The molecule has 0 bridgehead atoms. The summed E-state index contributed by atoms with van der Waals surface area (Å²) in [6, 6.07) is 6.19. The predicted molar refractivity (Wildman–Crippen MR) is 139 cm³/mol. The number of aromatic nitrogens is 2. The molecule has 4 rings (SSSR count). The topological polar surface area (TPSA) is 80.1 Å². The number of benzene rings is 1. The number of aliphatic hydroxyl groups is 1. The zero-order chi connectivity index (χ0) is 25.9. The van der Waals surface area contributed by atoms with Crippen molar-refractivity contribution < 1.29 is 19.4 Å². The highest BCUT2D eigenvalue weighted by molar-refractivity contribution is 6.32. The van der Waals surface area contributed by atoms with Gasteiger partial charge in [0.05, 0.1) is 24.8 Å². The molecule has 36 heavy (non-hydrogen) atoms. The Hall–Kier alpha value is -2.13. The second-order valence-corrected chi connectivity index (χ2v) is 10.9. The molecule has 1 atom stereocenters. The first-order valence-corrected chi connectivity index (χ1v) is 13.3. The van der Waals surface area contributed by atoms with Gasteiger partial charge in [-0.3, -0.25) is 14.4 Å². The summed E-state index contributed by atoms with van der Waals surface area (Å²) in [6.07, 6.45) is 2.98. The van der Waals surface area contributed by atoms with Gasteiger partial charge in [-0.05, 0) is 69.9 Å². The Morgan fingerprint density at radius 2 is 1.94 bits per heavy atom. The Morgan fingerprint density at radius 1 is 1.25 bits per heavy atom. The van der Waals surface area contributed by atoms with E-state index in [9.17, 15) is 9.90 Å². The highest BCUT2D eigenvalue weighted by Gasteiger charge is 2.41. The average molecular weight is 519 g/mol. The number of ether oxygens (including phenoxy) is 2. The number of morpholine rings is 1. The normalized spacial score (nSPS) is 21.8. The molecule has 8 nitrogen and oxygen atoms in total. The van der Waals surface area contributed by atoms with Gasteiger partial charge in [0, 0.05) is 50.0 Å². The van der Waals surface area contributed by atoms with E-state index < -0.39 is 5.60 Å². The third kappa shape index (κ3) is 6.40. The fraction of sp³-hybridized carbons (Fsp3) is 0.630. The first-order chi connectivity index (χ1) is 17.2. The minimum Gasteiger partial charge on any atom is -0.490 e. The van der Waals surface area contributed by atoms with Gasteiger partial charge in [0.1, 0.15) is 18.0 Å². The third-order valence-electron chi connectivity index (χ3n) is 7.16. The maximum absolute atomic E-state index is 13.4. The fourth-order valence-electron chi connectivity index (χ4n) is 5.17. The van der Waals surface area contributed by atoms with Crippen LogP contribution in [0.25, 0.3) is 0 Å². The molecule has 1 aromatic carbocycles. The maximum atomic E-state index is 13.4. The molecule has 9 heteroatoms. The zero-order valence-corrected chi connectivity index (χ0v) is 22.6. The van der Waals surface area contributed by atoms with Crippen LogP contribution in [0.3, 0.4) is 0 Å². The Labute approximate surface area is 219 Å². The minimum atomic E-state index is -0.782. The summed E-state index contributed by atoms with van der Waals surface area (Å²) in [5.41, 5.74) is 2.27. The first kappa shape index (κ1) is 26.9. The largest absolute Gasteiger partial charge is 0.490 e. The first-order valence-electron chi connectivity index (χ1n) is 12.9. The quantitative estimate of drug-likeness (QED) is 0.573. The lowest BCUT2D eigenvalue weighted by molar-refractivity contribution is -0.158. The number of carbonyl (C=O) groups excluding carboxylic acids is 1. The molecule has 0 aliphatic carbocycles. The number of halogens is 1. The van der Waals surface area contributed by atoms with Crippen molar-refractivity contribution in [1.29, 1.82) is 0 Å². The molecule has 0 radical (unpaired) electrons. The van der Waals surface area contributed by atoms with Gasteiger partial charge < -0.3 is 19.5 Å². The molecule has 1 amide bonds. The Bertz CT molecular complexity index is 1030. The Morgan fingerprint density at radius 3 is 2.61 bits per heavy atom. The van der Waals surface area contributed by atoms with Crippen LogP contribution in [0.1, 0.15) is 56.0 Å². The van der Waals surface area contributed by atoms with E-state index in [2.05, 4.69) is 29.9 Å². The number of aryl methyl sites for hydroxylation is 2. The van der Waals surface area contributed by atoms with Crippen molar-refractivity contribution in [2.24, 2.45) is 0 Å². The van der Waals surface area contributed by atoms with E-state index in [1.807, 2.05) is 41.8 Å². The molecule has 2 fully saturated rings. The van der Waals surface area contributed by atoms with E-state index in [4.69, 9.17) is 21.1 Å². The molecule has 3 heterocycles. The molecule has 1 unspecified atom stereocenters. The van der Waals surface area contributed by atoms with E-state index in [0.717, 1.165) is 40.7 Å². The highest BCUT2D eigenvalue weighted by atomic mass is 35.5. The average Bonchev–Trinajstić information content (AvgIpc) is 3.30. The highest BCUT2D eigenvalue weighted by Crippen LogP contribution is 2.30. The fourth-order valence-corrected chi connectivity index (χ4v) is 5.28. The van der Waals surface area contributed by atoms with Gasteiger partial charge in [-0.15, -0.1) is 0 Å². The monoisotopic (exact) mass is 518 g/mol. The van der Waals surface area contributed by atoms with Crippen LogP contribution in [0.15, 0.2) is 24.4 Å². The van der Waals surface area contributed by atoms with Crippen LogP contribution in [-0.2, 0) is 16.1 Å². The molecule has 2 aliphatic heterocycles. The number of carbonyl (C=O) groups is 1. The van der Waals surface area contributed by atoms with E-state index >= 15 is 0 Å². The molecule has 2 aliphatic rings. The molecule has 2 saturated heterocycles. The number of piperidine rings is 1. The number of amides is 1. The van der Waals surface area contributed by atoms with Crippen molar-refractivity contribution >= 4 is 17.5 Å². The standard InChI is InChI=1S/C27H39ClN4O4/c1-19(2)32-22(5-8-29-32)16-30-11-12-36-27(17-30,15-25(34)31-9-6-23(33)7-10-31)18-35-24-13-20(3)26(28)21(4)14-24/h5,8,13-14,19,23,33H,6-7,9-12,15-18H2,1-4H3. The summed E-state index contributed by atoms with van der Waals surface area (Å²) < 4.78 is 14.7. The van der Waals surface area contributed by atoms with Crippen LogP contribution < -0.4 is 4.74 Å². The summed E-state index contributed by atoms with van der Waals surface area (Å²) in [4.78, 5) is 17.5. The molecule has 1 N–H and O–H groups in total. The molecule has 0 saturated carbocycles. The third-order valence-corrected chi connectivity index (χ3v) is 7.75. The summed E-state index contributed by atoms with van der Waals surface area (Å²) in [7, 11) is 0. The number of likely N-dealkylation sites (tertiary alicyclic amines) is 1. The van der Waals surface area contributed by atoms with E-state index in [-0.39, 0.29) is 31.1 Å². The summed E-state index contributed by atoms with van der Waals surface area (Å²) in [5, 5.41) is 15.1. The number of aliphatic hydroxyl groups excluding tert-OH is 1. The molecule has 1 aromatic heterocycles. The van der Waals surface area contributed by atoms with E-state index in [1.54, 1.807) is 0 Å².